The van der Waals surface area contributed by atoms with Crippen LogP contribution in [0.4, 0.5) is 0 Å². The third-order valence-electron chi connectivity index (χ3n) is 2.91. The Morgan fingerprint density at radius 3 is 2.50 bits per heavy atom. The van der Waals surface area contributed by atoms with E-state index in [-0.39, 0.29) is 5.91 Å². The molecule has 1 amide bonds. The van der Waals surface area contributed by atoms with E-state index in [4.69, 9.17) is 5.26 Å². The van der Waals surface area contributed by atoms with Crippen LogP contribution in [0.2, 0.25) is 0 Å². The van der Waals surface area contributed by atoms with Gasteiger partial charge in [-0.2, -0.15) is 5.26 Å². The van der Waals surface area contributed by atoms with E-state index in [1.807, 2.05) is 13.1 Å². The van der Waals surface area contributed by atoms with Crippen molar-refractivity contribution in [3.05, 3.63) is 35.4 Å². The van der Waals surface area contributed by atoms with Crippen molar-refractivity contribution in [1.82, 2.24) is 10.2 Å². The standard InChI is InChI=1S/C14H19N3O/c1-11(2)17(3)9-8-16-14(18)13-6-4-12(10-15)5-7-13/h4-7,11H,8-9H2,1-3H3,(H,16,18). The van der Waals surface area contributed by atoms with Crippen LogP contribution in [0.25, 0.3) is 0 Å². The molecular weight excluding hydrogens is 226 g/mol. The van der Waals surface area contributed by atoms with Crippen molar-refractivity contribution in [2.75, 3.05) is 20.1 Å². The second kappa shape index (κ2) is 6.77. The van der Waals surface area contributed by atoms with E-state index in [1.54, 1.807) is 24.3 Å². The Morgan fingerprint density at radius 1 is 1.39 bits per heavy atom. The highest BCUT2D eigenvalue weighted by Crippen LogP contribution is 2.03. The fraction of sp³-hybridized carbons (Fsp3) is 0.429. The number of carbonyl (C=O) groups is 1. The lowest BCUT2D eigenvalue weighted by atomic mass is 10.1. The van der Waals surface area contributed by atoms with Gasteiger partial charge in [0, 0.05) is 24.7 Å². The summed E-state index contributed by atoms with van der Waals surface area (Å²) in [6.45, 7) is 5.66. The van der Waals surface area contributed by atoms with Gasteiger partial charge in [-0.05, 0) is 45.2 Å². The van der Waals surface area contributed by atoms with Gasteiger partial charge in [-0.15, -0.1) is 0 Å². The molecule has 0 fully saturated rings. The van der Waals surface area contributed by atoms with E-state index in [1.165, 1.54) is 0 Å². The predicted molar refractivity (Wildman–Crippen MR) is 71.3 cm³/mol. The molecule has 0 aliphatic heterocycles. The normalized spacial score (nSPS) is 10.4. The second-order valence-electron chi connectivity index (χ2n) is 4.52. The molecule has 1 aromatic carbocycles. The minimum Gasteiger partial charge on any atom is -0.351 e. The summed E-state index contributed by atoms with van der Waals surface area (Å²) in [5.74, 6) is -0.100. The van der Waals surface area contributed by atoms with Gasteiger partial charge in [0.05, 0.1) is 11.6 Å². The number of nitrogens with zero attached hydrogens (tertiary/aromatic N) is 2. The maximum Gasteiger partial charge on any atom is 0.251 e. The quantitative estimate of drug-likeness (QED) is 0.857. The Kier molecular flexibility index (Phi) is 5.34. The number of likely N-dealkylation sites (N-methyl/N-ethyl adjacent to an activating group) is 1. The summed E-state index contributed by atoms with van der Waals surface area (Å²) in [7, 11) is 2.03. The van der Waals surface area contributed by atoms with E-state index in [9.17, 15) is 4.79 Å². The highest BCUT2D eigenvalue weighted by molar-refractivity contribution is 5.94. The molecule has 1 rings (SSSR count). The van der Waals surface area contributed by atoms with Gasteiger partial charge >= 0.3 is 0 Å². The topological polar surface area (TPSA) is 56.1 Å². The number of carbonyl (C=O) groups excluding carboxylic acids is 1. The predicted octanol–water partition coefficient (Wildman–Crippen LogP) is 1.63. The summed E-state index contributed by atoms with van der Waals surface area (Å²) in [4.78, 5) is 13.9. The van der Waals surface area contributed by atoms with Crippen LogP contribution in [0.15, 0.2) is 24.3 Å². The van der Waals surface area contributed by atoms with Gasteiger partial charge in [0.1, 0.15) is 0 Å². The molecule has 0 radical (unpaired) electrons. The van der Waals surface area contributed by atoms with Crippen molar-refractivity contribution in [3.8, 4) is 6.07 Å². The summed E-state index contributed by atoms with van der Waals surface area (Å²) in [6, 6.07) is 9.12. The molecule has 0 atom stereocenters. The third kappa shape index (κ3) is 4.19. The number of benzene rings is 1. The minimum absolute atomic E-state index is 0.100. The van der Waals surface area contributed by atoms with Crippen molar-refractivity contribution < 1.29 is 4.79 Å². The molecule has 0 unspecified atom stereocenters. The molecule has 4 heteroatoms. The lowest BCUT2D eigenvalue weighted by molar-refractivity contribution is 0.0948. The maximum absolute atomic E-state index is 11.8. The summed E-state index contributed by atoms with van der Waals surface area (Å²) >= 11 is 0. The molecular formula is C14H19N3O. The van der Waals surface area contributed by atoms with E-state index in [2.05, 4.69) is 24.1 Å². The van der Waals surface area contributed by atoms with Crippen molar-refractivity contribution in [2.24, 2.45) is 0 Å². The second-order valence-corrected chi connectivity index (χ2v) is 4.52. The average Bonchev–Trinajstić information content (AvgIpc) is 2.38. The highest BCUT2D eigenvalue weighted by atomic mass is 16.1. The molecule has 0 aromatic heterocycles. The molecule has 0 aliphatic carbocycles. The zero-order valence-electron chi connectivity index (χ0n) is 11.1. The molecule has 1 aromatic rings. The number of rotatable bonds is 5. The van der Waals surface area contributed by atoms with Gasteiger partial charge in [-0.3, -0.25) is 4.79 Å². The van der Waals surface area contributed by atoms with Gasteiger partial charge in [0.15, 0.2) is 0 Å². The Labute approximate surface area is 108 Å². The summed E-state index contributed by atoms with van der Waals surface area (Å²) in [5, 5.41) is 11.5. The van der Waals surface area contributed by atoms with Crippen LogP contribution in [0.1, 0.15) is 29.8 Å². The first-order chi connectivity index (χ1) is 8.54. The summed E-state index contributed by atoms with van der Waals surface area (Å²) in [6.07, 6.45) is 0. The van der Waals surface area contributed by atoms with Gasteiger partial charge in [-0.1, -0.05) is 0 Å². The van der Waals surface area contributed by atoms with Gasteiger partial charge in [0.25, 0.3) is 5.91 Å². The third-order valence-corrected chi connectivity index (χ3v) is 2.91. The van der Waals surface area contributed by atoms with Crippen molar-refractivity contribution >= 4 is 5.91 Å². The first-order valence-corrected chi connectivity index (χ1v) is 6.03. The number of amides is 1. The van der Waals surface area contributed by atoms with Crippen LogP contribution in [0.5, 0.6) is 0 Å². The van der Waals surface area contributed by atoms with Crippen LogP contribution >= 0.6 is 0 Å². The van der Waals surface area contributed by atoms with Crippen molar-refractivity contribution in [3.63, 3.8) is 0 Å². The van der Waals surface area contributed by atoms with Gasteiger partial charge < -0.3 is 10.2 Å². The van der Waals surface area contributed by atoms with Crippen LogP contribution in [-0.2, 0) is 0 Å². The van der Waals surface area contributed by atoms with Crippen molar-refractivity contribution in [1.29, 1.82) is 5.26 Å². The smallest absolute Gasteiger partial charge is 0.251 e. The Balaban J connectivity index is 2.43. The summed E-state index contributed by atoms with van der Waals surface area (Å²) in [5.41, 5.74) is 1.15. The van der Waals surface area contributed by atoms with Crippen LogP contribution in [0, 0.1) is 11.3 Å². The lowest BCUT2D eigenvalue weighted by Crippen LogP contribution is -2.36. The molecule has 0 saturated heterocycles. The molecule has 0 heterocycles. The zero-order chi connectivity index (χ0) is 13.5. The maximum atomic E-state index is 11.8. The van der Waals surface area contributed by atoms with Crippen LogP contribution < -0.4 is 5.32 Å². The molecule has 0 saturated carbocycles. The SMILES string of the molecule is CC(C)N(C)CCNC(=O)c1ccc(C#N)cc1. The molecule has 96 valence electrons. The Hall–Kier alpha value is -1.86. The monoisotopic (exact) mass is 245 g/mol. The molecule has 1 N–H and O–H groups in total. The Bertz CT molecular complexity index is 431. The van der Waals surface area contributed by atoms with Crippen LogP contribution in [0.3, 0.4) is 0 Å². The molecule has 4 nitrogen and oxygen atoms in total. The molecule has 0 bridgehead atoms. The van der Waals surface area contributed by atoms with Gasteiger partial charge in [-0.25, -0.2) is 0 Å². The fourth-order valence-corrected chi connectivity index (χ4v) is 1.40. The first kappa shape index (κ1) is 14.2. The van der Waals surface area contributed by atoms with Crippen LogP contribution in [-0.4, -0.2) is 37.0 Å². The summed E-state index contributed by atoms with van der Waals surface area (Å²) < 4.78 is 0. The average molecular weight is 245 g/mol. The largest absolute Gasteiger partial charge is 0.351 e. The zero-order valence-corrected chi connectivity index (χ0v) is 11.1. The lowest BCUT2D eigenvalue weighted by Gasteiger charge is -2.20. The first-order valence-electron chi connectivity index (χ1n) is 6.03. The molecule has 0 spiro atoms. The van der Waals surface area contributed by atoms with E-state index >= 15 is 0 Å². The highest BCUT2D eigenvalue weighted by Gasteiger charge is 2.06. The molecule has 0 aliphatic rings. The number of hydrogen-bond acceptors (Lipinski definition) is 3. The number of nitriles is 1. The van der Waals surface area contributed by atoms with E-state index < -0.39 is 0 Å². The molecule has 18 heavy (non-hydrogen) atoms. The van der Waals surface area contributed by atoms with E-state index in [0.717, 1.165) is 6.54 Å². The number of hydrogen-bond donors (Lipinski definition) is 1. The minimum atomic E-state index is -0.100. The number of nitrogens with one attached hydrogen (secondary N) is 1. The van der Waals surface area contributed by atoms with Gasteiger partial charge in [0.2, 0.25) is 0 Å². The fourth-order valence-electron chi connectivity index (χ4n) is 1.40. The van der Waals surface area contributed by atoms with Crippen molar-refractivity contribution in [2.45, 2.75) is 19.9 Å². The Morgan fingerprint density at radius 2 is 2.00 bits per heavy atom. The van der Waals surface area contributed by atoms with E-state index in [0.29, 0.717) is 23.7 Å².